The summed E-state index contributed by atoms with van der Waals surface area (Å²) < 4.78 is 1.24. The summed E-state index contributed by atoms with van der Waals surface area (Å²) in [5.74, 6) is 5.64. The summed E-state index contributed by atoms with van der Waals surface area (Å²) in [5.41, 5.74) is 2.72. The summed E-state index contributed by atoms with van der Waals surface area (Å²) in [7, 11) is 0. The quantitative estimate of drug-likeness (QED) is 0.526. The number of anilines is 1. The molecule has 0 unspecified atom stereocenters. The average Bonchev–Trinajstić information content (AvgIpc) is 2.30. The van der Waals surface area contributed by atoms with E-state index in [2.05, 4.69) is 20.4 Å². The Bertz CT molecular complexity index is 547. The molecule has 0 saturated heterocycles. The summed E-state index contributed by atoms with van der Waals surface area (Å²) in [5, 5.41) is 0. The fourth-order valence-corrected chi connectivity index (χ4v) is 1.16. The van der Waals surface area contributed by atoms with Crippen LogP contribution >= 0.6 is 0 Å². The molecule has 7 nitrogen and oxygen atoms in total. The Morgan fingerprint density at radius 2 is 2.19 bits per heavy atom. The van der Waals surface area contributed by atoms with Gasteiger partial charge in [-0.2, -0.15) is 4.98 Å². The molecular weight excluding hydrogens is 208 g/mol. The minimum Gasteiger partial charge on any atom is -0.292 e. The van der Waals surface area contributed by atoms with Crippen molar-refractivity contribution in [2.24, 2.45) is 5.84 Å². The highest BCUT2D eigenvalue weighted by atomic mass is 16.1. The highest BCUT2D eigenvalue weighted by molar-refractivity contribution is 5.26. The maximum absolute atomic E-state index is 11.6. The SMILES string of the molecule is Cc1ccc(-n2cnc(NN)nc2=O)nc1. The Labute approximate surface area is 91.0 Å². The molecule has 2 heterocycles. The van der Waals surface area contributed by atoms with Crippen LogP contribution in [0.2, 0.25) is 0 Å². The molecule has 0 spiro atoms. The molecule has 2 aromatic rings. The summed E-state index contributed by atoms with van der Waals surface area (Å²) in [4.78, 5) is 23.1. The molecule has 0 aliphatic rings. The number of rotatable bonds is 2. The third kappa shape index (κ3) is 1.89. The zero-order valence-electron chi connectivity index (χ0n) is 8.58. The smallest absolute Gasteiger partial charge is 0.292 e. The number of hydrogen-bond acceptors (Lipinski definition) is 6. The molecule has 0 bridgehead atoms. The van der Waals surface area contributed by atoms with Crippen LogP contribution in [0.5, 0.6) is 0 Å². The van der Waals surface area contributed by atoms with Crippen LogP contribution in [0, 0.1) is 6.92 Å². The molecule has 16 heavy (non-hydrogen) atoms. The van der Waals surface area contributed by atoms with Crippen LogP contribution in [0.15, 0.2) is 29.5 Å². The van der Waals surface area contributed by atoms with E-state index in [9.17, 15) is 4.79 Å². The van der Waals surface area contributed by atoms with Crippen molar-refractivity contribution in [2.75, 3.05) is 5.43 Å². The van der Waals surface area contributed by atoms with Crippen molar-refractivity contribution >= 4 is 5.95 Å². The summed E-state index contributed by atoms with van der Waals surface area (Å²) >= 11 is 0. The molecule has 0 saturated carbocycles. The van der Waals surface area contributed by atoms with Gasteiger partial charge < -0.3 is 0 Å². The van der Waals surface area contributed by atoms with Gasteiger partial charge in [0.1, 0.15) is 12.1 Å². The second-order valence-corrected chi connectivity index (χ2v) is 3.17. The zero-order chi connectivity index (χ0) is 11.5. The van der Waals surface area contributed by atoms with E-state index < -0.39 is 5.69 Å². The average molecular weight is 218 g/mol. The molecule has 2 rings (SSSR count). The number of nitrogens with two attached hydrogens (primary N) is 1. The number of hydrogen-bond donors (Lipinski definition) is 2. The number of nitrogens with one attached hydrogen (secondary N) is 1. The van der Waals surface area contributed by atoms with Crippen molar-refractivity contribution in [2.45, 2.75) is 6.92 Å². The van der Waals surface area contributed by atoms with Gasteiger partial charge in [0.25, 0.3) is 0 Å². The minimum absolute atomic E-state index is 0.0772. The predicted octanol–water partition coefficient (Wildman–Crippen LogP) is -0.383. The summed E-state index contributed by atoms with van der Waals surface area (Å²) in [6, 6.07) is 3.57. The molecule has 0 aliphatic carbocycles. The summed E-state index contributed by atoms with van der Waals surface area (Å²) in [6.07, 6.45) is 2.99. The molecule has 0 amide bonds. The van der Waals surface area contributed by atoms with Gasteiger partial charge in [0.15, 0.2) is 0 Å². The van der Waals surface area contributed by atoms with Crippen LogP contribution < -0.4 is 17.0 Å². The molecule has 0 aliphatic heterocycles. The Morgan fingerprint density at radius 3 is 2.75 bits per heavy atom. The number of nitrogens with zero attached hydrogens (tertiary/aromatic N) is 4. The third-order valence-electron chi connectivity index (χ3n) is 1.97. The van der Waals surface area contributed by atoms with E-state index in [4.69, 9.17) is 5.84 Å². The lowest BCUT2D eigenvalue weighted by Crippen LogP contribution is -2.25. The van der Waals surface area contributed by atoms with Crippen LogP contribution in [-0.4, -0.2) is 19.5 Å². The number of pyridine rings is 1. The number of aryl methyl sites for hydroxylation is 1. The van der Waals surface area contributed by atoms with E-state index in [1.54, 1.807) is 12.3 Å². The first-order valence-electron chi connectivity index (χ1n) is 4.56. The largest absolute Gasteiger partial charge is 0.357 e. The Kier molecular flexibility index (Phi) is 2.61. The van der Waals surface area contributed by atoms with Gasteiger partial charge >= 0.3 is 5.69 Å². The van der Waals surface area contributed by atoms with Gasteiger partial charge in [0, 0.05) is 6.20 Å². The lowest BCUT2D eigenvalue weighted by atomic mass is 10.3. The molecule has 82 valence electrons. The van der Waals surface area contributed by atoms with Crippen molar-refractivity contribution in [3.8, 4) is 5.82 Å². The van der Waals surface area contributed by atoms with E-state index in [0.29, 0.717) is 5.82 Å². The Morgan fingerprint density at radius 1 is 1.38 bits per heavy atom. The Hall–Kier alpha value is -2.28. The molecule has 3 N–H and O–H groups in total. The fraction of sp³-hybridized carbons (Fsp3) is 0.111. The van der Waals surface area contributed by atoms with Crippen molar-refractivity contribution in [3.05, 3.63) is 40.7 Å². The minimum atomic E-state index is -0.487. The van der Waals surface area contributed by atoms with Crippen molar-refractivity contribution in [1.29, 1.82) is 0 Å². The van der Waals surface area contributed by atoms with Crippen LogP contribution in [0.4, 0.5) is 5.95 Å². The van der Waals surface area contributed by atoms with E-state index in [1.807, 2.05) is 13.0 Å². The maximum Gasteiger partial charge on any atom is 0.357 e. The lowest BCUT2D eigenvalue weighted by Gasteiger charge is -2.04. The molecule has 0 atom stereocenters. The first-order valence-corrected chi connectivity index (χ1v) is 4.56. The van der Waals surface area contributed by atoms with Gasteiger partial charge in [-0.1, -0.05) is 6.07 Å². The number of hydrazine groups is 1. The summed E-state index contributed by atoms with van der Waals surface area (Å²) in [6.45, 7) is 1.91. The monoisotopic (exact) mass is 218 g/mol. The molecule has 0 radical (unpaired) electrons. The number of aromatic nitrogens is 4. The van der Waals surface area contributed by atoms with Gasteiger partial charge in [-0.25, -0.2) is 25.2 Å². The molecule has 0 aromatic carbocycles. The van der Waals surface area contributed by atoms with Crippen LogP contribution in [-0.2, 0) is 0 Å². The molecular formula is C9H10N6O. The number of nitrogen functional groups attached to an aromatic ring is 1. The van der Waals surface area contributed by atoms with E-state index >= 15 is 0 Å². The predicted molar refractivity (Wildman–Crippen MR) is 58.0 cm³/mol. The normalized spacial score (nSPS) is 10.1. The van der Waals surface area contributed by atoms with E-state index in [-0.39, 0.29) is 5.95 Å². The van der Waals surface area contributed by atoms with Crippen LogP contribution in [0.25, 0.3) is 5.82 Å². The second kappa shape index (κ2) is 4.07. The molecule has 0 fully saturated rings. The van der Waals surface area contributed by atoms with Crippen molar-refractivity contribution in [1.82, 2.24) is 19.5 Å². The highest BCUT2D eigenvalue weighted by Gasteiger charge is 2.03. The van der Waals surface area contributed by atoms with E-state index in [1.165, 1.54) is 10.9 Å². The third-order valence-corrected chi connectivity index (χ3v) is 1.97. The van der Waals surface area contributed by atoms with Gasteiger partial charge in [-0.15, -0.1) is 0 Å². The molecule has 7 heteroatoms. The zero-order valence-corrected chi connectivity index (χ0v) is 8.58. The van der Waals surface area contributed by atoms with Crippen molar-refractivity contribution in [3.63, 3.8) is 0 Å². The topological polar surface area (TPSA) is 98.7 Å². The Balaban J connectivity index is 2.48. The van der Waals surface area contributed by atoms with Crippen molar-refractivity contribution < 1.29 is 0 Å². The van der Waals surface area contributed by atoms with Gasteiger partial charge in [0.2, 0.25) is 5.95 Å². The first kappa shape index (κ1) is 10.2. The van der Waals surface area contributed by atoms with E-state index in [0.717, 1.165) is 5.56 Å². The standard InChI is InChI=1S/C9H10N6O/c1-6-2-3-7(11-4-6)15-5-12-8(14-10)13-9(15)16/h2-5H,10H2,1H3,(H,13,14,16). The van der Waals surface area contributed by atoms with Gasteiger partial charge in [-0.05, 0) is 18.6 Å². The maximum atomic E-state index is 11.6. The van der Waals surface area contributed by atoms with Gasteiger partial charge in [0.05, 0.1) is 0 Å². The first-order chi connectivity index (χ1) is 7.70. The molecule has 2 aromatic heterocycles. The second-order valence-electron chi connectivity index (χ2n) is 3.17. The van der Waals surface area contributed by atoms with Gasteiger partial charge in [-0.3, -0.25) is 5.43 Å². The van der Waals surface area contributed by atoms with Crippen LogP contribution in [0.1, 0.15) is 5.56 Å². The fourth-order valence-electron chi connectivity index (χ4n) is 1.16. The highest BCUT2D eigenvalue weighted by Crippen LogP contribution is 2.01. The lowest BCUT2D eigenvalue weighted by molar-refractivity contribution is 0.834. The van der Waals surface area contributed by atoms with Crippen LogP contribution in [0.3, 0.4) is 0 Å².